The molecular formula is C13H26N2O. The van der Waals surface area contributed by atoms with Gasteiger partial charge in [0, 0.05) is 25.6 Å². The van der Waals surface area contributed by atoms with Gasteiger partial charge in [-0.25, -0.2) is 0 Å². The van der Waals surface area contributed by atoms with E-state index in [4.69, 9.17) is 0 Å². The third kappa shape index (κ3) is 4.97. The number of hydrogen-bond acceptors (Lipinski definition) is 2. The highest BCUT2D eigenvalue weighted by atomic mass is 16.2. The standard InChI is InChI=1S/C13H26N2O/c1-11(2)14-8-4-7-13(16)15-9-5-6-12(3)10-15/h11-12,14H,4-10H2,1-3H3. The predicted molar refractivity (Wildman–Crippen MR) is 67.4 cm³/mol. The van der Waals surface area contributed by atoms with E-state index in [0.29, 0.717) is 24.3 Å². The molecule has 1 atom stereocenters. The Balaban J connectivity index is 2.14. The summed E-state index contributed by atoms with van der Waals surface area (Å²) in [6.07, 6.45) is 4.12. The first kappa shape index (κ1) is 13.5. The van der Waals surface area contributed by atoms with Crippen molar-refractivity contribution in [3.63, 3.8) is 0 Å². The van der Waals surface area contributed by atoms with Crippen molar-refractivity contribution in [3.8, 4) is 0 Å². The molecule has 0 aromatic heterocycles. The fourth-order valence-electron chi connectivity index (χ4n) is 2.20. The number of carbonyl (C=O) groups is 1. The van der Waals surface area contributed by atoms with Gasteiger partial charge >= 0.3 is 0 Å². The third-order valence-electron chi connectivity index (χ3n) is 3.13. The van der Waals surface area contributed by atoms with Gasteiger partial charge in [-0.3, -0.25) is 4.79 Å². The van der Waals surface area contributed by atoms with Crippen molar-refractivity contribution in [2.45, 2.75) is 52.5 Å². The van der Waals surface area contributed by atoms with Crippen LogP contribution in [0.15, 0.2) is 0 Å². The molecule has 0 aliphatic carbocycles. The van der Waals surface area contributed by atoms with E-state index in [2.05, 4.69) is 26.1 Å². The zero-order valence-corrected chi connectivity index (χ0v) is 11.0. The van der Waals surface area contributed by atoms with Crippen molar-refractivity contribution in [1.82, 2.24) is 10.2 Å². The van der Waals surface area contributed by atoms with E-state index >= 15 is 0 Å². The van der Waals surface area contributed by atoms with Crippen molar-refractivity contribution in [3.05, 3.63) is 0 Å². The van der Waals surface area contributed by atoms with Crippen molar-refractivity contribution >= 4 is 5.91 Å². The van der Waals surface area contributed by atoms with Gasteiger partial charge in [0.15, 0.2) is 0 Å². The summed E-state index contributed by atoms with van der Waals surface area (Å²) in [7, 11) is 0. The van der Waals surface area contributed by atoms with E-state index in [1.54, 1.807) is 0 Å². The van der Waals surface area contributed by atoms with Gasteiger partial charge in [-0.15, -0.1) is 0 Å². The smallest absolute Gasteiger partial charge is 0.222 e. The zero-order valence-electron chi connectivity index (χ0n) is 11.0. The van der Waals surface area contributed by atoms with Gasteiger partial charge in [-0.05, 0) is 31.7 Å². The number of rotatable bonds is 5. The lowest BCUT2D eigenvalue weighted by molar-refractivity contribution is -0.132. The van der Waals surface area contributed by atoms with Crippen LogP contribution in [0.25, 0.3) is 0 Å². The molecule has 0 radical (unpaired) electrons. The second-order valence-electron chi connectivity index (χ2n) is 5.30. The molecule has 1 aliphatic rings. The number of likely N-dealkylation sites (tertiary alicyclic amines) is 1. The molecule has 1 amide bonds. The van der Waals surface area contributed by atoms with Crippen LogP contribution in [0.2, 0.25) is 0 Å². The molecule has 16 heavy (non-hydrogen) atoms. The average molecular weight is 226 g/mol. The molecule has 0 spiro atoms. The summed E-state index contributed by atoms with van der Waals surface area (Å²) in [6, 6.07) is 0.519. The number of nitrogens with one attached hydrogen (secondary N) is 1. The lowest BCUT2D eigenvalue weighted by Gasteiger charge is -2.31. The first-order valence-electron chi connectivity index (χ1n) is 6.60. The average Bonchev–Trinajstić information content (AvgIpc) is 2.24. The topological polar surface area (TPSA) is 32.3 Å². The van der Waals surface area contributed by atoms with Gasteiger partial charge in [-0.1, -0.05) is 20.8 Å². The normalized spacial score (nSPS) is 21.5. The van der Waals surface area contributed by atoms with Crippen LogP contribution in [0.4, 0.5) is 0 Å². The number of amides is 1. The van der Waals surface area contributed by atoms with Gasteiger partial charge < -0.3 is 10.2 Å². The maximum atomic E-state index is 11.9. The number of piperidine rings is 1. The molecular weight excluding hydrogens is 200 g/mol. The highest BCUT2D eigenvalue weighted by molar-refractivity contribution is 5.76. The Morgan fingerprint density at radius 1 is 1.50 bits per heavy atom. The molecule has 1 saturated heterocycles. The Hall–Kier alpha value is -0.570. The minimum atomic E-state index is 0.345. The quantitative estimate of drug-likeness (QED) is 0.727. The lowest BCUT2D eigenvalue weighted by Crippen LogP contribution is -2.39. The number of hydrogen-bond donors (Lipinski definition) is 1. The second-order valence-corrected chi connectivity index (χ2v) is 5.30. The van der Waals surface area contributed by atoms with Crippen LogP contribution in [0.3, 0.4) is 0 Å². The molecule has 1 unspecified atom stereocenters. The minimum Gasteiger partial charge on any atom is -0.342 e. The number of nitrogens with zero attached hydrogens (tertiary/aromatic N) is 1. The summed E-state index contributed by atoms with van der Waals surface area (Å²) in [6.45, 7) is 9.39. The van der Waals surface area contributed by atoms with E-state index in [1.807, 2.05) is 4.90 Å². The highest BCUT2D eigenvalue weighted by Gasteiger charge is 2.20. The van der Waals surface area contributed by atoms with E-state index in [0.717, 1.165) is 26.1 Å². The summed E-state index contributed by atoms with van der Waals surface area (Å²) in [5.74, 6) is 1.03. The fraction of sp³-hybridized carbons (Fsp3) is 0.923. The molecule has 94 valence electrons. The molecule has 1 heterocycles. The van der Waals surface area contributed by atoms with Crippen molar-refractivity contribution in [2.75, 3.05) is 19.6 Å². The minimum absolute atomic E-state index is 0.345. The maximum Gasteiger partial charge on any atom is 0.222 e. The van der Waals surface area contributed by atoms with Crippen LogP contribution in [0.5, 0.6) is 0 Å². The Bertz CT molecular complexity index is 216. The first-order chi connectivity index (χ1) is 7.59. The van der Waals surface area contributed by atoms with E-state index in [-0.39, 0.29) is 0 Å². The van der Waals surface area contributed by atoms with Gasteiger partial charge in [0.2, 0.25) is 5.91 Å². The molecule has 1 rings (SSSR count). The molecule has 1 fully saturated rings. The molecule has 0 aromatic carbocycles. The molecule has 0 aromatic rings. The lowest BCUT2D eigenvalue weighted by atomic mass is 10.00. The van der Waals surface area contributed by atoms with Gasteiger partial charge in [0.05, 0.1) is 0 Å². The van der Waals surface area contributed by atoms with E-state index < -0.39 is 0 Å². The predicted octanol–water partition coefficient (Wildman–Crippen LogP) is 2.02. The molecule has 0 bridgehead atoms. The van der Waals surface area contributed by atoms with Gasteiger partial charge in [0.1, 0.15) is 0 Å². The van der Waals surface area contributed by atoms with Crippen molar-refractivity contribution in [1.29, 1.82) is 0 Å². The largest absolute Gasteiger partial charge is 0.342 e. The Labute approximate surface area is 99.6 Å². The molecule has 3 nitrogen and oxygen atoms in total. The monoisotopic (exact) mass is 226 g/mol. The maximum absolute atomic E-state index is 11.9. The first-order valence-corrected chi connectivity index (χ1v) is 6.60. The third-order valence-corrected chi connectivity index (χ3v) is 3.13. The van der Waals surface area contributed by atoms with Crippen LogP contribution in [-0.4, -0.2) is 36.5 Å². The van der Waals surface area contributed by atoms with Crippen molar-refractivity contribution in [2.24, 2.45) is 5.92 Å². The Morgan fingerprint density at radius 2 is 2.25 bits per heavy atom. The van der Waals surface area contributed by atoms with Crippen LogP contribution >= 0.6 is 0 Å². The fourth-order valence-corrected chi connectivity index (χ4v) is 2.20. The summed E-state index contributed by atoms with van der Waals surface area (Å²) in [5.41, 5.74) is 0. The van der Waals surface area contributed by atoms with E-state index in [1.165, 1.54) is 12.8 Å². The summed E-state index contributed by atoms with van der Waals surface area (Å²) < 4.78 is 0. The summed E-state index contributed by atoms with van der Waals surface area (Å²) >= 11 is 0. The summed E-state index contributed by atoms with van der Waals surface area (Å²) in [4.78, 5) is 13.9. The molecule has 3 heteroatoms. The molecule has 0 saturated carbocycles. The van der Waals surface area contributed by atoms with Crippen LogP contribution in [0.1, 0.15) is 46.5 Å². The molecule has 1 aliphatic heterocycles. The highest BCUT2D eigenvalue weighted by Crippen LogP contribution is 2.16. The van der Waals surface area contributed by atoms with Gasteiger partial charge in [0.25, 0.3) is 0 Å². The van der Waals surface area contributed by atoms with Gasteiger partial charge in [-0.2, -0.15) is 0 Å². The summed E-state index contributed by atoms with van der Waals surface area (Å²) in [5, 5.41) is 3.34. The Kier molecular flexibility index (Phi) is 5.81. The van der Waals surface area contributed by atoms with Crippen LogP contribution in [-0.2, 0) is 4.79 Å². The van der Waals surface area contributed by atoms with E-state index in [9.17, 15) is 4.79 Å². The zero-order chi connectivity index (χ0) is 12.0. The van der Waals surface area contributed by atoms with Crippen LogP contribution in [0, 0.1) is 5.92 Å². The molecule has 1 N–H and O–H groups in total. The SMILES string of the molecule is CC1CCCN(C(=O)CCCNC(C)C)C1. The van der Waals surface area contributed by atoms with Crippen molar-refractivity contribution < 1.29 is 4.79 Å². The Morgan fingerprint density at radius 3 is 2.88 bits per heavy atom. The van der Waals surface area contributed by atoms with Crippen LogP contribution < -0.4 is 5.32 Å². The number of carbonyl (C=O) groups excluding carboxylic acids is 1. The second kappa shape index (κ2) is 6.89.